The summed E-state index contributed by atoms with van der Waals surface area (Å²) in [4.78, 5) is 1.83. The second kappa shape index (κ2) is 5.38. The molecule has 0 aromatic heterocycles. The molecule has 1 fully saturated rings. The number of hydrogen-bond donors (Lipinski definition) is 2. The molecule has 2 rings (SSSR count). The molecule has 0 aliphatic carbocycles. The van der Waals surface area contributed by atoms with Crippen LogP contribution in [0.15, 0.2) is 18.2 Å². The van der Waals surface area contributed by atoms with E-state index in [9.17, 15) is 18.3 Å². The molecule has 0 amide bonds. The summed E-state index contributed by atoms with van der Waals surface area (Å²) in [5.41, 5.74) is 5.26. The molecular weight excluding hydrogens is 257 g/mol. The van der Waals surface area contributed by atoms with Crippen LogP contribution in [0.3, 0.4) is 0 Å². The number of halogens is 3. The number of nitrogens with zero attached hydrogens (tertiary/aromatic N) is 1. The Labute approximate surface area is 109 Å². The number of rotatable bonds is 3. The van der Waals surface area contributed by atoms with Crippen LogP contribution < -0.4 is 10.6 Å². The minimum absolute atomic E-state index is 0.0417. The van der Waals surface area contributed by atoms with E-state index in [4.69, 9.17) is 5.73 Å². The molecule has 106 valence electrons. The minimum atomic E-state index is -4.40. The standard InChI is InChI=1S/C13H17F3N2O/c14-13(15,16)12-6-10(4-3-9(12)7-17)18-5-1-2-11(18)8-19/h3-4,6,11,19H,1-2,5,7-8,17H2. The van der Waals surface area contributed by atoms with Gasteiger partial charge in [0.05, 0.1) is 18.2 Å². The number of nitrogens with two attached hydrogens (primary N) is 1. The van der Waals surface area contributed by atoms with E-state index in [1.165, 1.54) is 6.07 Å². The van der Waals surface area contributed by atoms with Gasteiger partial charge in [0.2, 0.25) is 0 Å². The molecule has 1 heterocycles. The van der Waals surface area contributed by atoms with Crippen LogP contribution in [-0.2, 0) is 12.7 Å². The number of aliphatic hydroxyl groups is 1. The van der Waals surface area contributed by atoms with Crippen molar-refractivity contribution in [1.29, 1.82) is 0 Å². The van der Waals surface area contributed by atoms with Crippen LogP contribution in [0.25, 0.3) is 0 Å². The van der Waals surface area contributed by atoms with Crippen molar-refractivity contribution >= 4 is 5.69 Å². The van der Waals surface area contributed by atoms with Gasteiger partial charge >= 0.3 is 6.18 Å². The Morgan fingerprint density at radius 1 is 1.37 bits per heavy atom. The average molecular weight is 274 g/mol. The molecule has 1 saturated heterocycles. The maximum absolute atomic E-state index is 13.0. The van der Waals surface area contributed by atoms with Gasteiger partial charge in [-0.1, -0.05) is 6.07 Å². The van der Waals surface area contributed by atoms with Crippen molar-refractivity contribution in [2.45, 2.75) is 31.6 Å². The molecular formula is C13H17F3N2O. The molecule has 0 spiro atoms. The van der Waals surface area contributed by atoms with Gasteiger partial charge in [-0.2, -0.15) is 13.2 Å². The third kappa shape index (κ3) is 2.84. The highest BCUT2D eigenvalue weighted by Gasteiger charge is 2.34. The van der Waals surface area contributed by atoms with Gasteiger partial charge in [-0.05, 0) is 30.5 Å². The molecule has 0 bridgehead atoms. The Hall–Kier alpha value is -1.27. The molecule has 0 radical (unpaired) electrons. The van der Waals surface area contributed by atoms with E-state index < -0.39 is 11.7 Å². The fourth-order valence-corrected chi connectivity index (χ4v) is 2.55. The van der Waals surface area contributed by atoms with Crippen LogP contribution in [0.5, 0.6) is 0 Å². The quantitative estimate of drug-likeness (QED) is 0.887. The van der Waals surface area contributed by atoms with E-state index in [1.807, 2.05) is 4.90 Å². The zero-order valence-corrected chi connectivity index (χ0v) is 10.5. The first kappa shape index (κ1) is 14.1. The van der Waals surface area contributed by atoms with Crippen molar-refractivity contribution in [3.63, 3.8) is 0 Å². The second-order valence-corrected chi connectivity index (χ2v) is 4.72. The summed E-state index contributed by atoms with van der Waals surface area (Å²) in [5.74, 6) is 0. The van der Waals surface area contributed by atoms with Crippen molar-refractivity contribution in [2.24, 2.45) is 5.73 Å². The Morgan fingerprint density at radius 2 is 2.11 bits per heavy atom. The zero-order valence-electron chi connectivity index (χ0n) is 10.5. The number of aliphatic hydroxyl groups excluding tert-OH is 1. The second-order valence-electron chi connectivity index (χ2n) is 4.72. The molecule has 1 aromatic carbocycles. The average Bonchev–Trinajstić information content (AvgIpc) is 2.85. The van der Waals surface area contributed by atoms with Gasteiger partial charge in [0.25, 0.3) is 0 Å². The van der Waals surface area contributed by atoms with Crippen LogP contribution in [-0.4, -0.2) is 24.3 Å². The maximum Gasteiger partial charge on any atom is 0.416 e. The highest BCUT2D eigenvalue weighted by molar-refractivity contribution is 5.53. The Morgan fingerprint density at radius 3 is 2.68 bits per heavy atom. The largest absolute Gasteiger partial charge is 0.416 e. The van der Waals surface area contributed by atoms with E-state index in [0.29, 0.717) is 12.2 Å². The first-order chi connectivity index (χ1) is 8.97. The molecule has 3 N–H and O–H groups in total. The number of anilines is 1. The highest BCUT2D eigenvalue weighted by Crippen LogP contribution is 2.36. The lowest BCUT2D eigenvalue weighted by Gasteiger charge is -2.26. The van der Waals surface area contributed by atoms with E-state index in [-0.39, 0.29) is 24.8 Å². The molecule has 1 atom stereocenters. The first-order valence-electron chi connectivity index (χ1n) is 6.25. The molecule has 3 nitrogen and oxygen atoms in total. The Bertz CT molecular complexity index is 448. The van der Waals surface area contributed by atoms with Gasteiger partial charge in [-0.25, -0.2) is 0 Å². The molecule has 1 aromatic rings. The Kier molecular flexibility index (Phi) is 4.01. The van der Waals surface area contributed by atoms with Crippen LogP contribution in [0.2, 0.25) is 0 Å². The van der Waals surface area contributed by atoms with Gasteiger partial charge in [0.15, 0.2) is 0 Å². The summed E-state index contributed by atoms with van der Waals surface area (Å²) in [5, 5.41) is 9.24. The lowest BCUT2D eigenvalue weighted by atomic mass is 10.1. The molecule has 1 unspecified atom stereocenters. The van der Waals surface area contributed by atoms with Crippen molar-refractivity contribution in [3.05, 3.63) is 29.3 Å². The normalized spacial score (nSPS) is 20.1. The van der Waals surface area contributed by atoms with Crippen LogP contribution in [0, 0.1) is 0 Å². The predicted octanol–water partition coefficient (Wildman–Crippen LogP) is 2.13. The van der Waals surface area contributed by atoms with Crippen molar-refractivity contribution in [1.82, 2.24) is 0 Å². The third-order valence-corrected chi connectivity index (χ3v) is 3.54. The molecule has 19 heavy (non-hydrogen) atoms. The molecule has 1 aliphatic rings. The first-order valence-corrected chi connectivity index (χ1v) is 6.25. The topological polar surface area (TPSA) is 49.5 Å². The van der Waals surface area contributed by atoms with Gasteiger partial charge in [-0.15, -0.1) is 0 Å². The summed E-state index contributed by atoms with van der Waals surface area (Å²) in [6.45, 7) is 0.489. The van der Waals surface area contributed by atoms with Crippen LogP contribution in [0.1, 0.15) is 24.0 Å². The fraction of sp³-hybridized carbons (Fsp3) is 0.538. The number of benzene rings is 1. The Balaban J connectivity index is 2.38. The summed E-state index contributed by atoms with van der Waals surface area (Å²) in [7, 11) is 0. The fourth-order valence-electron chi connectivity index (χ4n) is 2.55. The monoisotopic (exact) mass is 274 g/mol. The SMILES string of the molecule is NCc1ccc(N2CCCC2CO)cc1C(F)(F)F. The summed E-state index contributed by atoms with van der Waals surface area (Å²) in [6.07, 6.45) is -2.72. The maximum atomic E-state index is 13.0. The molecule has 0 saturated carbocycles. The van der Waals surface area contributed by atoms with E-state index in [0.717, 1.165) is 18.9 Å². The van der Waals surface area contributed by atoms with Gasteiger partial charge in [-0.3, -0.25) is 0 Å². The lowest BCUT2D eigenvalue weighted by Crippen LogP contribution is -2.32. The number of alkyl halides is 3. The highest BCUT2D eigenvalue weighted by atomic mass is 19.4. The predicted molar refractivity (Wildman–Crippen MR) is 66.8 cm³/mol. The summed E-state index contributed by atoms with van der Waals surface area (Å²) < 4.78 is 38.9. The smallest absolute Gasteiger partial charge is 0.394 e. The summed E-state index contributed by atoms with van der Waals surface area (Å²) >= 11 is 0. The van der Waals surface area contributed by atoms with Crippen LogP contribution in [0.4, 0.5) is 18.9 Å². The van der Waals surface area contributed by atoms with Crippen molar-refractivity contribution in [2.75, 3.05) is 18.1 Å². The van der Waals surface area contributed by atoms with Gasteiger partial charge in [0, 0.05) is 18.8 Å². The lowest BCUT2D eigenvalue weighted by molar-refractivity contribution is -0.138. The third-order valence-electron chi connectivity index (χ3n) is 3.54. The van der Waals surface area contributed by atoms with Crippen LogP contribution >= 0.6 is 0 Å². The number of hydrogen-bond acceptors (Lipinski definition) is 3. The zero-order chi connectivity index (χ0) is 14.0. The van der Waals surface area contributed by atoms with Gasteiger partial charge in [0.1, 0.15) is 0 Å². The van der Waals surface area contributed by atoms with Crippen molar-refractivity contribution in [3.8, 4) is 0 Å². The molecule has 6 heteroatoms. The molecule has 1 aliphatic heterocycles. The minimum Gasteiger partial charge on any atom is -0.394 e. The van der Waals surface area contributed by atoms with E-state index >= 15 is 0 Å². The summed E-state index contributed by atoms with van der Waals surface area (Å²) in [6, 6.07) is 4.11. The van der Waals surface area contributed by atoms with E-state index in [2.05, 4.69) is 0 Å². The van der Waals surface area contributed by atoms with Gasteiger partial charge < -0.3 is 15.7 Å². The van der Waals surface area contributed by atoms with E-state index in [1.54, 1.807) is 6.07 Å². The van der Waals surface area contributed by atoms with Crippen molar-refractivity contribution < 1.29 is 18.3 Å².